The molecule has 6 N–H and O–H groups in total. The minimum atomic E-state index is -1.41. The predicted molar refractivity (Wildman–Crippen MR) is 254 cm³/mol. The molecule has 0 amide bonds. The smallest absolute Gasteiger partial charge is 0.375 e. The van der Waals surface area contributed by atoms with E-state index in [1.54, 1.807) is 14.0 Å². The molecule has 15 nitrogen and oxygen atoms in total. The Morgan fingerprint density at radius 1 is 1.04 bits per heavy atom. The summed E-state index contributed by atoms with van der Waals surface area (Å²) in [5.41, 5.74) is 2.11. The van der Waals surface area contributed by atoms with Crippen molar-refractivity contribution in [3.8, 4) is 17.2 Å². The summed E-state index contributed by atoms with van der Waals surface area (Å²) in [6.07, 6.45) is 8.84. The number of carbonyl (C=O) groups is 3. The van der Waals surface area contributed by atoms with E-state index in [-0.39, 0.29) is 91.0 Å². The van der Waals surface area contributed by atoms with Crippen molar-refractivity contribution in [2.45, 2.75) is 120 Å². The molecule has 2 aromatic carbocycles. The number of H-pyrrole nitrogens is 1. The zero-order valence-electron chi connectivity index (χ0n) is 39.9. The van der Waals surface area contributed by atoms with Crippen molar-refractivity contribution in [3.05, 3.63) is 69.1 Å². The fraction of sp³-hybridized carbons (Fsp3) is 0.611. The number of esters is 1. The Kier molecular flexibility index (Phi) is 13.6. The molecule has 3 aliphatic carbocycles. The number of aliphatic hydroxyl groups excluding tert-OH is 3. The summed E-state index contributed by atoms with van der Waals surface area (Å²) in [5, 5.41) is 60.1. The third-order valence-electron chi connectivity index (χ3n) is 17.1. The Hall–Kier alpha value is -4.61. The van der Waals surface area contributed by atoms with Crippen molar-refractivity contribution in [1.82, 2.24) is 9.88 Å². The van der Waals surface area contributed by atoms with Gasteiger partial charge in [0, 0.05) is 80.4 Å². The van der Waals surface area contributed by atoms with Crippen LogP contribution in [0.15, 0.2) is 41.3 Å². The molecular formula is C54H68N2O13. The molecule has 15 heteroatoms. The van der Waals surface area contributed by atoms with Gasteiger partial charge in [-0.2, -0.15) is 0 Å². The van der Waals surface area contributed by atoms with Gasteiger partial charge in [0.15, 0.2) is 6.29 Å². The third-order valence-corrected chi connectivity index (χ3v) is 17.1. The Labute approximate surface area is 402 Å². The van der Waals surface area contributed by atoms with E-state index in [1.165, 1.54) is 0 Å². The van der Waals surface area contributed by atoms with Crippen molar-refractivity contribution in [2.75, 3.05) is 59.8 Å². The zero-order chi connectivity index (χ0) is 48.2. The first-order valence-corrected chi connectivity index (χ1v) is 25.4. The number of ketones is 1. The molecule has 8 atom stereocenters. The highest BCUT2D eigenvalue weighted by atomic mass is 16.6. The molecule has 69 heavy (non-hydrogen) atoms. The van der Waals surface area contributed by atoms with Gasteiger partial charge >= 0.3 is 5.97 Å². The highest BCUT2D eigenvalue weighted by Gasteiger charge is 2.60. The second-order valence-electron chi connectivity index (χ2n) is 20.9. The molecule has 3 saturated carbocycles. The molecule has 0 unspecified atom stereocenters. The van der Waals surface area contributed by atoms with Gasteiger partial charge in [-0.1, -0.05) is 18.4 Å². The summed E-state index contributed by atoms with van der Waals surface area (Å²) in [7, 11) is 1.71. The minimum Gasteiger partial charge on any atom is -0.492 e. The molecule has 10 rings (SSSR count). The van der Waals surface area contributed by atoms with Crippen LogP contribution >= 0.6 is 0 Å². The van der Waals surface area contributed by atoms with Crippen LogP contribution in [0, 0.1) is 29.6 Å². The van der Waals surface area contributed by atoms with Crippen LogP contribution in [0.25, 0.3) is 16.5 Å². The maximum Gasteiger partial charge on any atom is 0.375 e. The van der Waals surface area contributed by atoms with E-state index >= 15 is 0 Å². The number of hydrogen-bond donors (Lipinski definition) is 6. The lowest BCUT2D eigenvalue weighted by Crippen LogP contribution is -2.63. The lowest BCUT2D eigenvalue weighted by molar-refractivity contribution is -0.188. The van der Waals surface area contributed by atoms with Crippen molar-refractivity contribution in [2.24, 2.45) is 29.6 Å². The number of aromatic nitrogens is 1. The van der Waals surface area contributed by atoms with Gasteiger partial charge in [-0.15, -0.1) is 0 Å². The van der Waals surface area contributed by atoms with E-state index in [2.05, 4.69) is 9.88 Å². The van der Waals surface area contributed by atoms with E-state index in [0.29, 0.717) is 67.3 Å². The molecule has 4 fully saturated rings. The van der Waals surface area contributed by atoms with Crippen LogP contribution in [-0.4, -0.2) is 131 Å². The van der Waals surface area contributed by atoms with E-state index in [4.69, 9.17) is 23.7 Å². The van der Waals surface area contributed by atoms with Crippen LogP contribution in [0.2, 0.25) is 0 Å². The highest BCUT2D eigenvalue weighted by molar-refractivity contribution is 6.11. The summed E-state index contributed by atoms with van der Waals surface area (Å²) < 4.78 is 31.5. The lowest BCUT2D eigenvalue weighted by Gasteiger charge is -2.55. The monoisotopic (exact) mass is 952 g/mol. The van der Waals surface area contributed by atoms with Crippen molar-refractivity contribution in [3.63, 3.8) is 0 Å². The minimum absolute atomic E-state index is 0.0231. The first-order valence-electron chi connectivity index (χ1n) is 25.4. The second kappa shape index (κ2) is 19.5. The van der Waals surface area contributed by atoms with Crippen LogP contribution < -0.4 is 14.2 Å². The van der Waals surface area contributed by atoms with E-state index < -0.39 is 60.0 Å². The molecule has 1 aromatic heterocycles. The Balaban J connectivity index is 1.15. The van der Waals surface area contributed by atoms with Crippen LogP contribution in [0.4, 0.5) is 0 Å². The molecular weight excluding hydrogens is 885 g/mol. The highest BCUT2D eigenvalue weighted by Crippen LogP contribution is 2.60. The van der Waals surface area contributed by atoms with Gasteiger partial charge in [-0.05, 0) is 130 Å². The van der Waals surface area contributed by atoms with Crippen LogP contribution in [-0.2, 0) is 43.3 Å². The van der Waals surface area contributed by atoms with Gasteiger partial charge in [-0.25, -0.2) is 4.79 Å². The third kappa shape index (κ3) is 8.43. The SMILES string of the molecule is CCOC(=O)C1=C(C=O)/C2=C3\C[C@H](CO)C(=O)[C@H](C3)c3cc4cc[nH]c4cc3CC[C@@H](CO)COc3c4c(c(CO)c(c32)O1)O[C@H]([C@@]1(O)C[C@H](C2(O)CCCC2)C[C@H]2CN(CCCOC)CC[C@@H]21)C4. The van der Waals surface area contributed by atoms with Gasteiger partial charge in [0.25, 0.3) is 0 Å². The van der Waals surface area contributed by atoms with Gasteiger partial charge in [-0.3, -0.25) is 9.59 Å². The average Bonchev–Trinajstić information content (AvgIpc) is 4.14. The van der Waals surface area contributed by atoms with E-state index in [1.807, 2.05) is 24.4 Å². The van der Waals surface area contributed by atoms with Crippen molar-refractivity contribution >= 4 is 34.5 Å². The van der Waals surface area contributed by atoms with Crippen molar-refractivity contribution < 1.29 is 63.6 Å². The van der Waals surface area contributed by atoms with Gasteiger partial charge < -0.3 is 59.1 Å². The predicted octanol–water partition coefficient (Wildman–Crippen LogP) is 5.24. The van der Waals surface area contributed by atoms with E-state index in [9.17, 15) is 39.9 Å². The number of aliphatic hydroxyl groups is 5. The number of piperidine rings is 1. The molecule has 5 heterocycles. The molecule has 7 aliphatic rings. The summed E-state index contributed by atoms with van der Waals surface area (Å²) in [6.45, 7) is 3.44. The lowest BCUT2D eigenvalue weighted by atomic mass is 9.57. The summed E-state index contributed by atoms with van der Waals surface area (Å²) in [5.74, 6) is -3.14. The standard InChI is InChI=1S/C54H68N2O13/c1-3-66-52(62)51-40(27-59)45-33-17-35(26-58)47(61)38(20-33)37-19-32-9-13-55-43(32)21-31(37)8-7-30(25-57)29-67-49-39-22-44(68-48(39)41(28-60)50(69-51)46(45)49)54(64)23-36(53(63)11-4-5-12-53)18-34-24-56(14-6-16-65-2)15-10-42(34)54/h9,13,19,21,27,30,34-36,38,42,44,55,57-58,60,63-64H,3-8,10-12,14-18,20,22-26,28-29H2,1-2H3/b45-33-/t30-,34-,35+,36+,38+,42-,44-,54+/m0/s1. The first kappa shape index (κ1) is 48.0. The molecule has 4 aliphatic heterocycles. The van der Waals surface area contributed by atoms with Crippen LogP contribution in [0.3, 0.4) is 0 Å². The normalized spacial score (nSPS) is 30.9. The van der Waals surface area contributed by atoms with Crippen LogP contribution in [0.5, 0.6) is 17.2 Å². The van der Waals surface area contributed by atoms with E-state index in [0.717, 1.165) is 73.8 Å². The topological polar surface area (TPSA) is 218 Å². The number of fused-ring (bicyclic) bond motifs is 8. The molecule has 2 bridgehead atoms. The number of Topliss-reactive ketones (excluding diaryl/α,β-unsaturated/α-hetero) is 1. The fourth-order valence-corrected chi connectivity index (χ4v) is 13.7. The van der Waals surface area contributed by atoms with Crippen LogP contribution in [0.1, 0.15) is 111 Å². The Morgan fingerprint density at radius 3 is 2.61 bits per heavy atom. The van der Waals surface area contributed by atoms with Gasteiger partial charge in [0.2, 0.25) is 5.76 Å². The Morgan fingerprint density at radius 2 is 1.87 bits per heavy atom. The molecule has 372 valence electrons. The molecule has 1 saturated heterocycles. The second-order valence-corrected chi connectivity index (χ2v) is 20.9. The summed E-state index contributed by atoms with van der Waals surface area (Å²) >= 11 is 0. The van der Waals surface area contributed by atoms with Gasteiger partial charge in [0.05, 0.1) is 48.7 Å². The number of ether oxygens (including phenoxy) is 5. The number of hydrogen-bond acceptors (Lipinski definition) is 14. The fourth-order valence-electron chi connectivity index (χ4n) is 13.7. The first-order chi connectivity index (χ1) is 33.5. The maximum atomic E-state index is 14.6. The number of nitrogens with one attached hydrogen (secondary N) is 1. The largest absolute Gasteiger partial charge is 0.492 e. The number of likely N-dealkylation sites (tertiary alicyclic amines) is 1. The number of rotatable bonds is 12. The number of carbonyl (C=O) groups excluding carboxylic acids is 3. The summed E-state index contributed by atoms with van der Waals surface area (Å²) in [4.78, 5) is 48.0. The van der Waals surface area contributed by atoms with Gasteiger partial charge in [0.1, 0.15) is 34.7 Å². The maximum absolute atomic E-state index is 14.6. The molecule has 3 aromatic rings. The zero-order valence-corrected chi connectivity index (χ0v) is 39.9. The molecule has 0 spiro atoms. The number of aromatic amines is 1. The quantitative estimate of drug-likeness (QED) is 0.0779. The number of methoxy groups -OCH3 is 1. The number of aldehydes is 1. The average molecular weight is 953 g/mol. The number of allylic oxidation sites excluding steroid dienone is 3. The number of benzene rings is 2. The number of nitrogens with zero attached hydrogens (tertiary/aromatic N) is 1. The Bertz CT molecular complexity index is 2540. The van der Waals surface area contributed by atoms with Crippen molar-refractivity contribution in [1.29, 1.82) is 0 Å². The summed E-state index contributed by atoms with van der Waals surface area (Å²) in [6, 6.07) is 5.99. The number of aryl methyl sites for hydroxylation is 1. The molecule has 0 radical (unpaired) electrons.